The molecule has 0 saturated heterocycles. The van der Waals surface area contributed by atoms with Crippen LogP contribution in [0.25, 0.3) is 11.4 Å². The molecule has 0 saturated carbocycles. The Kier molecular flexibility index (Phi) is 4.39. The first-order chi connectivity index (χ1) is 9.56. The Bertz CT molecular complexity index is 632. The molecule has 0 N–H and O–H groups in total. The van der Waals surface area contributed by atoms with Crippen molar-refractivity contribution >= 4 is 11.6 Å². The monoisotopic (exact) mass is 293 g/mol. The number of methoxy groups -OCH3 is 1. The van der Waals surface area contributed by atoms with Gasteiger partial charge in [0.25, 0.3) is 0 Å². The van der Waals surface area contributed by atoms with Crippen LogP contribution in [0.4, 0.5) is 0 Å². The maximum atomic E-state index is 5.92. The molecule has 0 atom stereocenters. The highest BCUT2D eigenvalue weighted by Gasteiger charge is 2.15. The molecule has 0 fully saturated rings. The lowest BCUT2D eigenvalue weighted by Gasteiger charge is -2.13. The minimum absolute atomic E-state index is 0.0960. The van der Waals surface area contributed by atoms with Gasteiger partial charge < -0.3 is 9.47 Å². The fourth-order valence-corrected chi connectivity index (χ4v) is 2.03. The second-order valence-electron chi connectivity index (χ2n) is 4.23. The minimum Gasteiger partial charge on any atom is -0.496 e. The van der Waals surface area contributed by atoms with E-state index in [0.717, 1.165) is 22.4 Å². The van der Waals surface area contributed by atoms with Gasteiger partial charge in [-0.1, -0.05) is 6.07 Å². The Balaban J connectivity index is 2.59. The third kappa shape index (κ3) is 2.82. The lowest BCUT2D eigenvalue weighted by molar-refractivity contribution is 0.312. The molecule has 20 heavy (non-hydrogen) atoms. The second kappa shape index (κ2) is 6.05. The van der Waals surface area contributed by atoms with Crippen LogP contribution in [0.5, 0.6) is 11.8 Å². The van der Waals surface area contributed by atoms with E-state index >= 15 is 0 Å². The average molecular weight is 294 g/mol. The van der Waals surface area contributed by atoms with Gasteiger partial charge in [0.05, 0.1) is 19.3 Å². The van der Waals surface area contributed by atoms with Crippen molar-refractivity contribution in [3.8, 4) is 23.1 Å². The van der Waals surface area contributed by atoms with E-state index in [4.69, 9.17) is 21.1 Å². The zero-order valence-corrected chi connectivity index (χ0v) is 12.7. The first-order valence-corrected chi connectivity index (χ1v) is 6.63. The second-order valence-corrected chi connectivity index (χ2v) is 4.57. The molecule has 1 aromatic carbocycles. The summed E-state index contributed by atoms with van der Waals surface area (Å²) in [4.78, 5) is 12.3. The van der Waals surface area contributed by atoms with Gasteiger partial charge >= 0.3 is 6.01 Å². The van der Waals surface area contributed by atoms with Crippen LogP contribution in [0.1, 0.15) is 18.1 Å². The Morgan fingerprint density at radius 3 is 2.55 bits per heavy atom. The molecule has 2 aromatic rings. The predicted octanol–water partition coefficient (Wildman–Crippen LogP) is 3.22. The van der Waals surface area contributed by atoms with Gasteiger partial charge in [0.15, 0.2) is 5.82 Å². The van der Waals surface area contributed by atoms with Crippen molar-refractivity contribution in [3.05, 3.63) is 28.5 Å². The predicted molar refractivity (Wildman–Crippen MR) is 77.5 cm³/mol. The number of ether oxygens (including phenoxy) is 2. The van der Waals surface area contributed by atoms with Crippen molar-refractivity contribution in [2.24, 2.45) is 0 Å². The van der Waals surface area contributed by atoms with Crippen LogP contribution in [0, 0.1) is 13.8 Å². The van der Waals surface area contributed by atoms with Gasteiger partial charge in [-0.05, 0) is 49.6 Å². The van der Waals surface area contributed by atoms with E-state index in [9.17, 15) is 0 Å². The van der Waals surface area contributed by atoms with Crippen molar-refractivity contribution < 1.29 is 9.47 Å². The van der Waals surface area contributed by atoms with Crippen molar-refractivity contribution in [2.45, 2.75) is 20.8 Å². The van der Waals surface area contributed by atoms with Gasteiger partial charge in [-0.15, -0.1) is 0 Å². The summed E-state index contributed by atoms with van der Waals surface area (Å²) in [6, 6.07) is 4.11. The largest absolute Gasteiger partial charge is 0.496 e. The summed E-state index contributed by atoms with van der Waals surface area (Å²) in [7, 11) is 1.62. The van der Waals surface area contributed by atoms with E-state index < -0.39 is 0 Å². The molecule has 2 rings (SSSR count). The van der Waals surface area contributed by atoms with Crippen LogP contribution >= 0.6 is 11.6 Å². The highest BCUT2D eigenvalue weighted by Crippen LogP contribution is 2.33. The highest BCUT2D eigenvalue weighted by molar-refractivity contribution is 6.28. The lowest BCUT2D eigenvalue weighted by atomic mass is 10.0. The molecule has 106 valence electrons. The number of hydrogen-bond donors (Lipinski definition) is 0. The Hall–Kier alpha value is -1.88. The van der Waals surface area contributed by atoms with E-state index in [1.54, 1.807) is 7.11 Å². The molecular formula is C14H16ClN3O2. The summed E-state index contributed by atoms with van der Waals surface area (Å²) in [5.41, 5.74) is 2.94. The van der Waals surface area contributed by atoms with Gasteiger partial charge in [0.2, 0.25) is 5.28 Å². The average Bonchev–Trinajstić information content (AvgIpc) is 2.41. The third-order valence-corrected chi connectivity index (χ3v) is 3.15. The van der Waals surface area contributed by atoms with Gasteiger partial charge in [-0.25, -0.2) is 0 Å². The molecular weight excluding hydrogens is 278 g/mol. The quantitative estimate of drug-likeness (QED) is 0.866. The Morgan fingerprint density at radius 2 is 1.90 bits per heavy atom. The molecule has 6 heteroatoms. The molecule has 0 radical (unpaired) electrons. The number of benzene rings is 1. The topological polar surface area (TPSA) is 57.1 Å². The lowest BCUT2D eigenvalue weighted by Crippen LogP contribution is -2.03. The van der Waals surface area contributed by atoms with E-state index in [1.807, 2.05) is 32.9 Å². The molecule has 1 heterocycles. The summed E-state index contributed by atoms with van der Waals surface area (Å²) in [5, 5.41) is 0.0960. The van der Waals surface area contributed by atoms with Crippen LogP contribution in [0.2, 0.25) is 5.28 Å². The molecule has 0 unspecified atom stereocenters. The van der Waals surface area contributed by atoms with Crippen LogP contribution < -0.4 is 9.47 Å². The summed E-state index contributed by atoms with van der Waals surface area (Å²) >= 11 is 5.92. The van der Waals surface area contributed by atoms with Gasteiger partial charge in [0, 0.05) is 0 Å². The van der Waals surface area contributed by atoms with E-state index in [1.165, 1.54) is 0 Å². The van der Waals surface area contributed by atoms with Crippen molar-refractivity contribution in [1.29, 1.82) is 0 Å². The number of aryl methyl sites for hydroxylation is 1. The molecule has 1 aromatic heterocycles. The van der Waals surface area contributed by atoms with Crippen molar-refractivity contribution in [2.75, 3.05) is 13.7 Å². The summed E-state index contributed by atoms with van der Waals surface area (Å²) in [6.07, 6.45) is 0. The fourth-order valence-electron chi connectivity index (χ4n) is 1.88. The van der Waals surface area contributed by atoms with Crippen molar-refractivity contribution in [1.82, 2.24) is 15.0 Å². The molecule has 0 spiro atoms. The van der Waals surface area contributed by atoms with Gasteiger partial charge in [-0.3, -0.25) is 0 Å². The first kappa shape index (κ1) is 14.5. The van der Waals surface area contributed by atoms with E-state index in [0.29, 0.717) is 12.4 Å². The summed E-state index contributed by atoms with van der Waals surface area (Å²) in [5.74, 6) is 1.17. The van der Waals surface area contributed by atoms with E-state index in [2.05, 4.69) is 15.0 Å². The first-order valence-electron chi connectivity index (χ1n) is 6.25. The van der Waals surface area contributed by atoms with Crippen LogP contribution in [0.15, 0.2) is 12.1 Å². The Labute approximate surface area is 123 Å². The van der Waals surface area contributed by atoms with E-state index in [-0.39, 0.29) is 11.3 Å². The maximum absolute atomic E-state index is 5.92. The summed E-state index contributed by atoms with van der Waals surface area (Å²) in [6.45, 7) is 6.33. The third-order valence-electron chi connectivity index (χ3n) is 2.98. The Morgan fingerprint density at radius 1 is 1.15 bits per heavy atom. The van der Waals surface area contributed by atoms with Crippen molar-refractivity contribution in [3.63, 3.8) is 0 Å². The normalized spacial score (nSPS) is 10.4. The SMILES string of the molecule is CCOc1nc(Cl)nc(-c2ccc(C)c(C)c2OC)n1. The zero-order valence-electron chi connectivity index (χ0n) is 11.9. The minimum atomic E-state index is 0.0960. The van der Waals surface area contributed by atoms with Gasteiger partial charge in [0.1, 0.15) is 5.75 Å². The molecule has 0 amide bonds. The van der Waals surface area contributed by atoms with Gasteiger partial charge in [-0.2, -0.15) is 15.0 Å². The number of nitrogens with zero attached hydrogens (tertiary/aromatic N) is 3. The molecule has 5 nitrogen and oxygen atoms in total. The maximum Gasteiger partial charge on any atom is 0.321 e. The number of aromatic nitrogens is 3. The van der Waals surface area contributed by atoms with Crippen LogP contribution in [-0.2, 0) is 0 Å². The standard InChI is InChI=1S/C14H16ClN3O2/c1-5-20-14-17-12(16-13(15)18-14)10-7-6-8(2)9(3)11(10)19-4/h6-7H,5H2,1-4H3. The highest BCUT2D eigenvalue weighted by atomic mass is 35.5. The van der Waals surface area contributed by atoms with Crippen LogP contribution in [0.3, 0.4) is 0 Å². The number of rotatable bonds is 4. The fraction of sp³-hybridized carbons (Fsp3) is 0.357. The molecule has 0 aliphatic heterocycles. The molecule has 0 aliphatic carbocycles. The molecule has 0 aliphatic rings. The smallest absolute Gasteiger partial charge is 0.321 e. The molecule has 0 bridgehead atoms. The summed E-state index contributed by atoms with van der Waals surface area (Å²) < 4.78 is 10.8. The number of hydrogen-bond acceptors (Lipinski definition) is 5. The zero-order chi connectivity index (χ0) is 14.7. The van der Waals surface area contributed by atoms with Crippen LogP contribution in [-0.4, -0.2) is 28.7 Å². The number of halogens is 1.